The van der Waals surface area contributed by atoms with E-state index in [4.69, 9.17) is 5.73 Å². The van der Waals surface area contributed by atoms with Crippen LogP contribution in [-0.4, -0.2) is 9.97 Å². The summed E-state index contributed by atoms with van der Waals surface area (Å²) in [6.45, 7) is 0. The minimum absolute atomic E-state index is 0.0919. The summed E-state index contributed by atoms with van der Waals surface area (Å²) in [4.78, 5) is 5.92. The summed E-state index contributed by atoms with van der Waals surface area (Å²) in [7, 11) is 0. The van der Waals surface area contributed by atoms with E-state index < -0.39 is 11.9 Å². The monoisotopic (exact) mass is 201 g/mol. The molecule has 74 valence electrons. The van der Waals surface area contributed by atoms with Gasteiger partial charge in [-0.25, -0.2) is 4.98 Å². The maximum atomic E-state index is 12.3. The SMILES string of the molecule is Nc1nccc2[nH]c(C(F)(F)F)cc12. The molecule has 3 nitrogen and oxygen atoms in total. The molecule has 2 aromatic heterocycles. The zero-order valence-electron chi connectivity index (χ0n) is 6.89. The first kappa shape index (κ1) is 8.86. The summed E-state index contributed by atoms with van der Waals surface area (Å²) in [5.41, 5.74) is 4.94. The second-order valence-electron chi connectivity index (χ2n) is 2.84. The Hall–Kier alpha value is -1.72. The number of hydrogen-bond acceptors (Lipinski definition) is 2. The van der Waals surface area contributed by atoms with Gasteiger partial charge in [0.1, 0.15) is 11.5 Å². The number of fused-ring (bicyclic) bond motifs is 1. The molecule has 3 N–H and O–H groups in total. The van der Waals surface area contributed by atoms with Gasteiger partial charge in [-0.15, -0.1) is 0 Å². The van der Waals surface area contributed by atoms with Gasteiger partial charge in [-0.05, 0) is 12.1 Å². The number of aromatic nitrogens is 2. The molecule has 0 saturated carbocycles. The molecule has 0 aliphatic carbocycles. The minimum Gasteiger partial charge on any atom is -0.383 e. The predicted molar refractivity (Wildman–Crippen MR) is 45.5 cm³/mol. The molecule has 0 saturated heterocycles. The Labute approximate surface area is 76.7 Å². The average molecular weight is 201 g/mol. The van der Waals surface area contributed by atoms with Crippen LogP contribution in [0.3, 0.4) is 0 Å². The van der Waals surface area contributed by atoms with Gasteiger partial charge in [0.15, 0.2) is 0 Å². The fourth-order valence-corrected chi connectivity index (χ4v) is 1.23. The largest absolute Gasteiger partial charge is 0.431 e. The van der Waals surface area contributed by atoms with Crippen LogP contribution in [0.15, 0.2) is 18.3 Å². The van der Waals surface area contributed by atoms with Crippen molar-refractivity contribution in [3.05, 3.63) is 24.0 Å². The lowest BCUT2D eigenvalue weighted by molar-refractivity contribution is -0.140. The number of nitrogen functional groups attached to an aromatic ring is 1. The van der Waals surface area contributed by atoms with E-state index in [0.29, 0.717) is 10.9 Å². The van der Waals surface area contributed by atoms with Crippen LogP contribution < -0.4 is 5.73 Å². The molecule has 6 heteroatoms. The standard InChI is InChI=1S/C8H6F3N3/c9-8(10,11)6-3-4-5(14-6)1-2-13-7(4)12/h1-3,14H,(H2,12,13). The number of pyridine rings is 1. The molecule has 0 bridgehead atoms. The van der Waals surface area contributed by atoms with Crippen molar-refractivity contribution in [3.8, 4) is 0 Å². The molecule has 0 unspecified atom stereocenters. The van der Waals surface area contributed by atoms with Crippen LogP contribution in [0.25, 0.3) is 10.9 Å². The lowest BCUT2D eigenvalue weighted by Crippen LogP contribution is -2.04. The molecule has 0 radical (unpaired) electrons. The van der Waals surface area contributed by atoms with Gasteiger partial charge in [-0.1, -0.05) is 0 Å². The van der Waals surface area contributed by atoms with Gasteiger partial charge < -0.3 is 10.7 Å². The number of anilines is 1. The van der Waals surface area contributed by atoms with Gasteiger partial charge in [0, 0.05) is 11.6 Å². The Kier molecular flexibility index (Phi) is 1.67. The van der Waals surface area contributed by atoms with E-state index >= 15 is 0 Å². The Balaban J connectivity index is 2.69. The molecular weight excluding hydrogens is 195 g/mol. The molecular formula is C8H6F3N3. The van der Waals surface area contributed by atoms with E-state index in [1.54, 1.807) is 0 Å². The molecule has 0 aliphatic heterocycles. The summed E-state index contributed by atoms with van der Waals surface area (Å²) in [5, 5.41) is 0.292. The number of nitrogens with zero attached hydrogens (tertiary/aromatic N) is 1. The van der Waals surface area contributed by atoms with Crippen LogP contribution >= 0.6 is 0 Å². The highest BCUT2D eigenvalue weighted by Crippen LogP contribution is 2.32. The number of alkyl halides is 3. The van der Waals surface area contributed by atoms with Gasteiger partial charge >= 0.3 is 6.18 Å². The van der Waals surface area contributed by atoms with Crippen molar-refractivity contribution in [1.82, 2.24) is 9.97 Å². The second kappa shape index (κ2) is 2.63. The fraction of sp³-hybridized carbons (Fsp3) is 0.125. The first-order chi connectivity index (χ1) is 6.48. The minimum atomic E-state index is -4.38. The van der Waals surface area contributed by atoms with Gasteiger partial charge in [0.2, 0.25) is 0 Å². The molecule has 0 spiro atoms. The quantitative estimate of drug-likeness (QED) is 0.686. The van der Waals surface area contributed by atoms with Gasteiger partial charge in [0.05, 0.1) is 5.52 Å². The Morgan fingerprint density at radius 2 is 2.07 bits per heavy atom. The molecule has 2 aromatic rings. The maximum Gasteiger partial charge on any atom is 0.431 e. The van der Waals surface area contributed by atoms with Gasteiger partial charge in [0.25, 0.3) is 0 Å². The normalized spacial score (nSPS) is 12.2. The third-order valence-electron chi connectivity index (χ3n) is 1.88. The van der Waals surface area contributed by atoms with Crippen molar-refractivity contribution in [2.45, 2.75) is 6.18 Å². The third-order valence-corrected chi connectivity index (χ3v) is 1.88. The van der Waals surface area contributed by atoms with Crippen LogP contribution in [0.5, 0.6) is 0 Å². The number of hydrogen-bond donors (Lipinski definition) is 2. The molecule has 0 aliphatic rings. The average Bonchev–Trinajstić information content (AvgIpc) is 2.48. The van der Waals surface area contributed by atoms with Crippen LogP contribution in [-0.2, 0) is 6.18 Å². The van der Waals surface area contributed by atoms with E-state index in [1.165, 1.54) is 12.3 Å². The van der Waals surface area contributed by atoms with Crippen LogP contribution in [0, 0.1) is 0 Å². The summed E-state index contributed by atoms with van der Waals surface area (Å²) < 4.78 is 36.8. The Morgan fingerprint density at radius 1 is 1.36 bits per heavy atom. The topological polar surface area (TPSA) is 54.7 Å². The number of rotatable bonds is 0. The lowest BCUT2D eigenvalue weighted by Gasteiger charge is -2.00. The second-order valence-corrected chi connectivity index (χ2v) is 2.84. The highest BCUT2D eigenvalue weighted by atomic mass is 19.4. The smallest absolute Gasteiger partial charge is 0.383 e. The van der Waals surface area contributed by atoms with E-state index in [1.807, 2.05) is 0 Å². The highest BCUT2D eigenvalue weighted by Gasteiger charge is 2.32. The summed E-state index contributed by atoms with van der Waals surface area (Å²) in [6.07, 6.45) is -3.03. The first-order valence-electron chi connectivity index (χ1n) is 3.79. The van der Waals surface area contributed by atoms with Crippen LogP contribution in [0.1, 0.15) is 5.69 Å². The molecule has 0 amide bonds. The number of H-pyrrole nitrogens is 1. The molecule has 2 rings (SSSR count). The van der Waals surface area contributed by atoms with Crippen molar-refractivity contribution in [2.24, 2.45) is 0 Å². The van der Waals surface area contributed by atoms with E-state index in [9.17, 15) is 13.2 Å². The van der Waals surface area contributed by atoms with Crippen LogP contribution in [0.2, 0.25) is 0 Å². The molecule has 0 atom stereocenters. The van der Waals surface area contributed by atoms with Crippen LogP contribution in [0.4, 0.5) is 19.0 Å². The maximum absolute atomic E-state index is 12.3. The Bertz CT molecular complexity index is 472. The van der Waals surface area contributed by atoms with Crippen molar-refractivity contribution in [1.29, 1.82) is 0 Å². The zero-order chi connectivity index (χ0) is 10.3. The number of nitrogens with one attached hydrogen (secondary N) is 1. The Morgan fingerprint density at radius 3 is 2.64 bits per heavy atom. The third kappa shape index (κ3) is 1.28. The fourth-order valence-electron chi connectivity index (χ4n) is 1.23. The van der Waals surface area contributed by atoms with E-state index in [-0.39, 0.29) is 5.82 Å². The van der Waals surface area contributed by atoms with Crippen molar-refractivity contribution < 1.29 is 13.2 Å². The molecule has 0 fully saturated rings. The van der Waals surface area contributed by atoms with E-state index in [0.717, 1.165) is 6.07 Å². The van der Waals surface area contributed by atoms with Gasteiger partial charge in [-0.3, -0.25) is 0 Å². The van der Waals surface area contributed by atoms with Gasteiger partial charge in [-0.2, -0.15) is 13.2 Å². The zero-order valence-corrected chi connectivity index (χ0v) is 6.89. The summed E-state index contributed by atoms with van der Waals surface area (Å²) in [5.74, 6) is 0.0919. The number of nitrogens with two attached hydrogens (primary N) is 1. The molecule has 2 heterocycles. The number of halogens is 3. The van der Waals surface area contributed by atoms with Crippen molar-refractivity contribution in [3.63, 3.8) is 0 Å². The lowest BCUT2D eigenvalue weighted by atomic mass is 10.3. The first-order valence-corrected chi connectivity index (χ1v) is 3.79. The van der Waals surface area contributed by atoms with Crippen molar-refractivity contribution in [2.75, 3.05) is 5.73 Å². The number of aromatic amines is 1. The van der Waals surface area contributed by atoms with E-state index in [2.05, 4.69) is 9.97 Å². The molecule has 14 heavy (non-hydrogen) atoms. The molecule has 0 aromatic carbocycles. The predicted octanol–water partition coefficient (Wildman–Crippen LogP) is 2.16. The summed E-state index contributed by atoms with van der Waals surface area (Å²) in [6, 6.07) is 2.40. The van der Waals surface area contributed by atoms with Crippen molar-refractivity contribution >= 4 is 16.7 Å². The highest BCUT2D eigenvalue weighted by molar-refractivity contribution is 5.89. The summed E-state index contributed by atoms with van der Waals surface area (Å²) >= 11 is 0.